The Kier molecular flexibility index (Phi) is 5.93. The monoisotopic (exact) mass is 397 g/mol. The molecule has 150 valence electrons. The van der Waals surface area contributed by atoms with Crippen molar-refractivity contribution in [3.63, 3.8) is 0 Å². The van der Waals surface area contributed by atoms with E-state index in [9.17, 15) is 22.4 Å². The lowest BCUT2D eigenvalue weighted by atomic mass is 9.90. The summed E-state index contributed by atoms with van der Waals surface area (Å²) < 4.78 is 54.7. The van der Waals surface area contributed by atoms with Crippen molar-refractivity contribution in [1.82, 2.24) is 15.3 Å². The van der Waals surface area contributed by atoms with Crippen LogP contribution < -0.4 is 10.1 Å². The molecule has 0 atom stereocenters. The molecule has 2 heterocycles. The van der Waals surface area contributed by atoms with E-state index in [-0.39, 0.29) is 17.8 Å². The van der Waals surface area contributed by atoms with Gasteiger partial charge in [-0.2, -0.15) is 13.2 Å². The summed E-state index contributed by atoms with van der Waals surface area (Å²) in [6.45, 7) is -0.757. The summed E-state index contributed by atoms with van der Waals surface area (Å²) in [7, 11) is 0. The molecule has 1 aromatic heterocycles. The van der Waals surface area contributed by atoms with Gasteiger partial charge in [0.2, 0.25) is 0 Å². The first-order chi connectivity index (χ1) is 13.2. The van der Waals surface area contributed by atoms with Crippen LogP contribution in [0.3, 0.4) is 0 Å². The summed E-state index contributed by atoms with van der Waals surface area (Å²) in [5.41, 5.74) is 0.866. The summed E-state index contributed by atoms with van der Waals surface area (Å²) in [5.74, 6) is -0.227. The first kappa shape index (κ1) is 20.2. The molecule has 1 aliphatic heterocycles. The molecule has 1 N–H and O–H groups in total. The third-order valence-electron chi connectivity index (χ3n) is 4.38. The molecule has 1 saturated heterocycles. The number of rotatable bonds is 8. The number of nitrogens with zero attached hydrogens (tertiary/aromatic N) is 2. The predicted molar refractivity (Wildman–Crippen MR) is 93.1 cm³/mol. The summed E-state index contributed by atoms with van der Waals surface area (Å²) >= 11 is 0. The van der Waals surface area contributed by atoms with Gasteiger partial charge in [-0.3, -0.25) is 4.79 Å². The van der Waals surface area contributed by atoms with Crippen LogP contribution in [0.1, 0.15) is 27.9 Å². The Hall–Kier alpha value is -2.55. The Balaban J connectivity index is 1.48. The van der Waals surface area contributed by atoms with E-state index in [1.807, 2.05) is 24.3 Å². The molecule has 0 bridgehead atoms. The maximum absolute atomic E-state index is 14.1. The summed E-state index contributed by atoms with van der Waals surface area (Å²) in [6.07, 6.45) is -1.14. The van der Waals surface area contributed by atoms with Gasteiger partial charge in [-0.1, -0.05) is 24.3 Å². The molecular formula is C19H19F4N3O2. The van der Waals surface area contributed by atoms with Crippen molar-refractivity contribution in [2.45, 2.75) is 31.1 Å². The van der Waals surface area contributed by atoms with E-state index in [2.05, 4.69) is 20.0 Å². The summed E-state index contributed by atoms with van der Waals surface area (Å²) in [4.78, 5) is 19.4. The zero-order valence-corrected chi connectivity index (χ0v) is 14.9. The van der Waals surface area contributed by atoms with Crippen molar-refractivity contribution >= 4 is 5.78 Å². The maximum atomic E-state index is 14.1. The number of ketones is 1. The van der Waals surface area contributed by atoms with Crippen molar-refractivity contribution in [2.75, 3.05) is 19.7 Å². The maximum Gasteiger partial charge on any atom is 0.422 e. The molecule has 1 aromatic carbocycles. The first-order valence-electron chi connectivity index (χ1n) is 8.75. The SMILES string of the molecule is O=C(CCc1ccc(CC2(F)CNC2)cc1)c1cnc(OCC(F)(F)F)nc1. The van der Waals surface area contributed by atoms with Crippen molar-refractivity contribution in [1.29, 1.82) is 0 Å². The number of ether oxygens (including phenoxy) is 1. The van der Waals surface area contributed by atoms with Gasteiger partial charge in [0.05, 0.1) is 5.56 Å². The van der Waals surface area contributed by atoms with E-state index in [1.54, 1.807) is 0 Å². The van der Waals surface area contributed by atoms with Crippen LogP contribution >= 0.6 is 0 Å². The van der Waals surface area contributed by atoms with Crippen LogP contribution in [0.2, 0.25) is 0 Å². The van der Waals surface area contributed by atoms with Gasteiger partial charge >= 0.3 is 12.2 Å². The van der Waals surface area contributed by atoms with Crippen molar-refractivity contribution < 1.29 is 27.1 Å². The molecule has 28 heavy (non-hydrogen) atoms. The van der Waals surface area contributed by atoms with Crippen molar-refractivity contribution in [3.05, 3.63) is 53.3 Å². The van der Waals surface area contributed by atoms with Crippen molar-refractivity contribution in [3.8, 4) is 6.01 Å². The number of aromatic nitrogens is 2. The largest absolute Gasteiger partial charge is 0.454 e. The van der Waals surface area contributed by atoms with Gasteiger partial charge in [-0.05, 0) is 17.5 Å². The fraction of sp³-hybridized carbons (Fsp3) is 0.421. The quantitative estimate of drug-likeness (QED) is 0.548. The Morgan fingerprint density at radius 3 is 2.25 bits per heavy atom. The van der Waals surface area contributed by atoms with Crippen LogP contribution in [0.25, 0.3) is 0 Å². The minimum absolute atomic E-state index is 0.197. The highest BCUT2D eigenvalue weighted by molar-refractivity contribution is 5.95. The number of benzene rings is 1. The molecule has 0 radical (unpaired) electrons. The Morgan fingerprint density at radius 1 is 1.11 bits per heavy atom. The third kappa shape index (κ3) is 5.72. The second kappa shape index (κ2) is 8.22. The van der Waals surface area contributed by atoms with Gasteiger partial charge in [0.25, 0.3) is 0 Å². The minimum atomic E-state index is -4.48. The number of nitrogens with one attached hydrogen (secondary N) is 1. The van der Waals surface area contributed by atoms with Crippen LogP contribution in [0, 0.1) is 0 Å². The molecule has 2 aromatic rings. The second-order valence-electron chi connectivity index (χ2n) is 6.83. The van der Waals surface area contributed by atoms with E-state index < -0.39 is 24.5 Å². The highest BCUT2D eigenvalue weighted by atomic mass is 19.4. The standard InChI is InChI=1S/C19H19F4N3O2/c20-18(10-24-11-18)7-14-3-1-13(2-4-14)5-6-16(27)15-8-25-17(26-9-15)28-12-19(21,22)23/h1-4,8-9,24H,5-7,10-12H2. The Labute approximate surface area is 159 Å². The predicted octanol–water partition coefficient (Wildman–Crippen LogP) is 3.09. The molecule has 0 unspecified atom stereocenters. The van der Waals surface area contributed by atoms with Gasteiger partial charge in [0.15, 0.2) is 12.4 Å². The number of halogens is 4. The number of hydrogen-bond acceptors (Lipinski definition) is 5. The molecule has 9 heteroatoms. The number of carbonyl (C=O) groups is 1. The summed E-state index contributed by atoms with van der Waals surface area (Å²) in [5, 5.41) is 2.92. The van der Waals surface area contributed by atoms with E-state index >= 15 is 0 Å². The molecular weight excluding hydrogens is 378 g/mol. The normalized spacial score (nSPS) is 15.7. The van der Waals surface area contributed by atoms with E-state index in [4.69, 9.17) is 0 Å². The number of alkyl halides is 4. The van der Waals surface area contributed by atoms with E-state index in [0.29, 0.717) is 25.9 Å². The molecule has 0 amide bonds. The highest BCUT2D eigenvalue weighted by Crippen LogP contribution is 2.23. The van der Waals surface area contributed by atoms with Crippen LogP contribution in [-0.2, 0) is 12.8 Å². The smallest absolute Gasteiger partial charge is 0.422 e. The van der Waals surface area contributed by atoms with Crippen molar-refractivity contribution in [2.24, 2.45) is 0 Å². The zero-order chi connectivity index (χ0) is 20.2. The molecule has 1 fully saturated rings. The third-order valence-corrected chi connectivity index (χ3v) is 4.38. The van der Waals surface area contributed by atoms with Crippen LogP contribution in [-0.4, -0.2) is 47.3 Å². The first-order valence-corrected chi connectivity index (χ1v) is 8.75. The zero-order valence-electron chi connectivity index (χ0n) is 14.9. The fourth-order valence-electron chi connectivity index (χ4n) is 2.79. The average Bonchev–Trinajstić information content (AvgIpc) is 2.64. The minimum Gasteiger partial charge on any atom is -0.454 e. The molecule has 1 aliphatic rings. The summed E-state index contributed by atoms with van der Waals surface area (Å²) in [6, 6.07) is 7.01. The number of aryl methyl sites for hydroxylation is 1. The average molecular weight is 397 g/mol. The lowest BCUT2D eigenvalue weighted by molar-refractivity contribution is -0.154. The van der Waals surface area contributed by atoms with Gasteiger partial charge in [0, 0.05) is 38.3 Å². The molecule has 0 saturated carbocycles. The second-order valence-corrected chi connectivity index (χ2v) is 6.83. The fourth-order valence-corrected chi connectivity index (χ4v) is 2.79. The van der Waals surface area contributed by atoms with Gasteiger partial charge in [-0.25, -0.2) is 14.4 Å². The molecule has 0 spiro atoms. The molecule has 0 aliphatic carbocycles. The number of hydrogen-bond donors (Lipinski definition) is 1. The van der Waals surface area contributed by atoms with Gasteiger partial charge in [-0.15, -0.1) is 0 Å². The Morgan fingerprint density at radius 2 is 1.71 bits per heavy atom. The van der Waals surface area contributed by atoms with E-state index in [1.165, 1.54) is 0 Å². The molecule has 5 nitrogen and oxygen atoms in total. The number of carbonyl (C=O) groups excluding carboxylic acids is 1. The lowest BCUT2D eigenvalue weighted by Crippen LogP contribution is -2.57. The van der Waals surface area contributed by atoms with E-state index in [0.717, 1.165) is 23.5 Å². The lowest BCUT2D eigenvalue weighted by Gasteiger charge is -2.35. The molecule has 3 rings (SSSR count). The highest BCUT2D eigenvalue weighted by Gasteiger charge is 2.36. The van der Waals surface area contributed by atoms with Crippen LogP contribution in [0.15, 0.2) is 36.7 Å². The topological polar surface area (TPSA) is 64.1 Å². The number of Topliss-reactive ketones (excluding diaryl/α,β-unsaturated/α-hetero) is 1. The van der Waals surface area contributed by atoms with Gasteiger partial charge < -0.3 is 10.1 Å². The van der Waals surface area contributed by atoms with Gasteiger partial charge in [0.1, 0.15) is 5.67 Å². The van der Waals surface area contributed by atoms with Crippen LogP contribution in [0.4, 0.5) is 17.6 Å². The Bertz CT molecular complexity index is 803. The van der Waals surface area contributed by atoms with Crippen LogP contribution in [0.5, 0.6) is 6.01 Å².